The molecule has 0 saturated heterocycles. The van der Waals surface area contributed by atoms with Gasteiger partial charge in [0.1, 0.15) is 0 Å². The smallest absolute Gasteiger partial charge is 0.255 e. The molecule has 1 aromatic carbocycles. The molecule has 1 aromatic rings. The van der Waals surface area contributed by atoms with E-state index in [1.54, 1.807) is 25.1 Å². The molecule has 2 amide bonds. The van der Waals surface area contributed by atoms with Gasteiger partial charge in [-0.05, 0) is 25.1 Å². The highest BCUT2D eigenvalue weighted by Crippen LogP contribution is 2.21. The minimum absolute atomic E-state index is 0.0129. The molecule has 4 nitrogen and oxygen atoms in total. The minimum atomic E-state index is -0.276. The zero-order valence-electron chi connectivity index (χ0n) is 10.2. The zero-order valence-corrected chi connectivity index (χ0v) is 11.9. The normalized spacial score (nSPS) is 10.0. The van der Waals surface area contributed by atoms with E-state index in [0.29, 0.717) is 22.0 Å². The predicted octanol–water partition coefficient (Wildman–Crippen LogP) is 1.84. The van der Waals surface area contributed by atoms with Crippen molar-refractivity contribution < 1.29 is 9.59 Å². The molecule has 0 aromatic heterocycles. The first-order chi connectivity index (χ1) is 8.49. The molecule has 0 unspecified atom stereocenters. The Morgan fingerprint density at radius 1 is 1.44 bits per heavy atom. The highest BCUT2D eigenvalue weighted by atomic mass is 35.5. The van der Waals surface area contributed by atoms with Crippen molar-refractivity contribution >= 4 is 36.0 Å². The summed E-state index contributed by atoms with van der Waals surface area (Å²) in [4.78, 5) is 25.6. The van der Waals surface area contributed by atoms with Crippen LogP contribution in [-0.4, -0.2) is 36.9 Å². The molecule has 1 rings (SSSR count). The van der Waals surface area contributed by atoms with Gasteiger partial charge in [0.25, 0.3) is 5.91 Å². The van der Waals surface area contributed by atoms with Crippen molar-refractivity contribution in [3.05, 3.63) is 28.8 Å². The molecule has 0 spiro atoms. The Morgan fingerprint density at radius 3 is 2.67 bits per heavy atom. The molecule has 6 heteroatoms. The van der Waals surface area contributed by atoms with Gasteiger partial charge in [-0.3, -0.25) is 9.59 Å². The molecule has 0 heterocycles. The fourth-order valence-electron chi connectivity index (χ4n) is 1.43. The van der Waals surface area contributed by atoms with Crippen molar-refractivity contribution in [1.82, 2.24) is 10.2 Å². The van der Waals surface area contributed by atoms with E-state index in [2.05, 4.69) is 17.9 Å². The van der Waals surface area contributed by atoms with Crippen molar-refractivity contribution in [3.63, 3.8) is 0 Å². The van der Waals surface area contributed by atoms with Gasteiger partial charge < -0.3 is 10.2 Å². The second kappa shape index (κ2) is 6.66. The Hall–Kier alpha value is -1.20. The number of hydrogen-bond donors (Lipinski definition) is 2. The molecule has 0 aliphatic rings. The van der Waals surface area contributed by atoms with Gasteiger partial charge in [0.15, 0.2) is 0 Å². The number of likely N-dealkylation sites (N-methyl/N-ethyl adjacent to an activating group) is 2. The van der Waals surface area contributed by atoms with Crippen LogP contribution in [-0.2, 0) is 4.79 Å². The van der Waals surface area contributed by atoms with Gasteiger partial charge in [0.2, 0.25) is 5.91 Å². The largest absolute Gasteiger partial charge is 0.358 e. The van der Waals surface area contributed by atoms with Crippen molar-refractivity contribution in [3.8, 4) is 0 Å². The van der Waals surface area contributed by atoms with Crippen LogP contribution in [0.4, 0.5) is 0 Å². The van der Waals surface area contributed by atoms with Crippen LogP contribution >= 0.6 is 24.2 Å². The third-order valence-electron chi connectivity index (χ3n) is 2.46. The summed E-state index contributed by atoms with van der Waals surface area (Å²) in [7, 11) is 1.53. The number of rotatable bonds is 4. The molecule has 0 radical (unpaired) electrons. The summed E-state index contributed by atoms with van der Waals surface area (Å²) in [5.74, 6) is -0.495. The first-order valence-corrected chi connectivity index (χ1v) is 6.30. The Morgan fingerprint density at radius 2 is 2.11 bits per heavy atom. The Balaban J connectivity index is 2.96. The first-order valence-electron chi connectivity index (χ1n) is 5.48. The van der Waals surface area contributed by atoms with E-state index in [1.165, 1.54) is 11.9 Å². The van der Waals surface area contributed by atoms with E-state index in [9.17, 15) is 9.59 Å². The van der Waals surface area contributed by atoms with Crippen LogP contribution in [0.3, 0.4) is 0 Å². The molecule has 98 valence electrons. The molecule has 0 aliphatic carbocycles. The van der Waals surface area contributed by atoms with Crippen LogP contribution in [0.1, 0.15) is 17.3 Å². The van der Waals surface area contributed by atoms with E-state index >= 15 is 0 Å². The molecule has 0 atom stereocenters. The van der Waals surface area contributed by atoms with Crippen LogP contribution in [0.25, 0.3) is 0 Å². The number of halogens is 1. The van der Waals surface area contributed by atoms with E-state index in [4.69, 9.17) is 11.6 Å². The number of carbonyl (C=O) groups excluding carboxylic acids is 2. The van der Waals surface area contributed by atoms with Crippen molar-refractivity contribution in [2.24, 2.45) is 0 Å². The fourth-order valence-corrected chi connectivity index (χ4v) is 1.83. The van der Waals surface area contributed by atoms with Gasteiger partial charge in [-0.15, -0.1) is 12.6 Å². The second-order valence-electron chi connectivity index (χ2n) is 3.66. The highest BCUT2D eigenvalue weighted by Gasteiger charge is 2.19. The van der Waals surface area contributed by atoms with Crippen LogP contribution < -0.4 is 5.32 Å². The number of nitrogens with zero attached hydrogens (tertiary/aromatic N) is 1. The third kappa shape index (κ3) is 3.65. The van der Waals surface area contributed by atoms with Crippen LogP contribution in [0, 0.1) is 0 Å². The highest BCUT2D eigenvalue weighted by molar-refractivity contribution is 7.80. The SMILES string of the molecule is CCN(CC(=O)NC)C(=O)c1cc(S)ccc1Cl. The van der Waals surface area contributed by atoms with Crippen LogP contribution in [0.15, 0.2) is 23.1 Å². The van der Waals surface area contributed by atoms with Gasteiger partial charge >= 0.3 is 0 Å². The number of carbonyl (C=O) groups is 2. The number of amides is 2. The average molecular weight is 287 g/mol. The van der Waals surface area contributed by atoms with E-state index in [0.717, 1.165) is 0 Å². The number of benzene rings is 1. The van der Waals surface area contributed by atoms with Gasteiger partial charge in [0.05, 0.1) is 17.1 Å². The quantitative estimate of drug-likeness (QED) is 0.830. The number of hydrogen-bond acceptors (Lipinski definition) is 3. The summed E-state index contributed by atoms with van der Waals surface area (Å²) >= 11 is 10.2. The topological polar surface area (TPSA) is 49.4 Å². The summed E-state index contributed by atoms with van der Waals surface area (Å²) in [6.45, 7) is 2.25. The summed E-state index contributed by atoms with van der Waals surface area (Å²) in [5, 5.41) is 2.84. The summed E-state index contributed by atoms with van der Waals surface area (Å²) < 4.78 is 0. The lowest BCUT2D eigenvalue weighted by molar-refractivity contribution is -0.121. The maximum Gasteiger partial charge on any atom is 0.255 e. The molecule has 0 aliphatic heterocycles. The third-order valence-corrected chi connectivity index (χ3v) is 3.07. The van der Waals surface area contributed by atoms with Gasteiger partial charge in [-0.1, -0.05) is 11.6 Å². The molecular formula is C12H15ClN2O2S. The molecule has 0 bridgehead atoms. The summed E-state index contributed by atoms with van der Waals surface area (Å²) in [6, 6.07) is 4.92. The maximum absolute atomic E-state index is 12.2. The standard InChI is InChI=1S/C12H15ClN2O2S/c1-3-15(7-11(16)14-2)12(17)9-6-8(18)4-5-10(9)13/h4-6,18H,3,7H2,1-2H3,(H,14,16). The van der Waals surface area contributed by atoms with E-state index < -0.39 is 0 Å². The molecule has 0 fully saturated rings. The average Bonchev–Trinajstić information content (AvgIpc) is 2.37. The Labute approximate surface area is 117 Å². The van der Waals surface area contributed by atoms with E-state index in [1.807, 2.05) is 0 Å². The van der Waals surface area contributed by atoms with Crippen molar-refractivity contribution in [1.29, 1.82) is 0 Å². The molecule has 18 heavy (non-hydrogen) atoms. The maximum atomic E-state index is 12.2. The fraction of sp³-hybridized carbons (Fsp3) is 0.333. The number of nitrogens with one attached hydrogen (secondary N) is 1. The van der Waals surface area contributed by atoms with Crippen molar-refractivity contribution in [2.45, 2.75) is 11.8 Å². The van der Waals surface area contributed by atoms with E-state index in [-0.39, 0.29) is 18.4 Å². The Bertz CT molecular complexity index is 465. The lowest BCUT2D eigenvalue weighted by Crippen LogP contribution is -2.39. The lowest BCUT2D eigenvalue weighted by Gasteiger charge is -2.20. The van der Waals surface area contributed by atoms with Gasteiger partial charge in [0, 0.05) is 18.5 Å². The Kier molecular flexibility index (Phi) is 5.50. The molecular weight excluding hydrogens is 272 g/mol. The summed E-state index contributed by atoms with van der Waals surface area (Å²) in [5.41, 5.74) is 0.356. The van der Waals surface area contributed by atoms with Crippen molar-refractivity contribution in [2.75, 3.05) is 20.1 Å². The monoisotopic (exact) mass is 286 g/mol. The zero-order chi connectivity index (χ0) is 13.7. The molecule has 0 saturated carbocycles. The van der Waals surface area contributed by atoms with Crippen LogP contribution in [0.2, 0.25) is 5.02 Å². The van der Waals surface area contributed by atoms with Gasteiger partial charge in [-0.2, -0.15) is 0 Å². The summed E-state index contributed by atoms with van der Waals surface area (Å²) in [6.07, 6.45) is 0. The predicted molar refractivity (Wildman–Crippen MR) is 74.3 cm³/mol. The minimum Gasteiger partial charge on any atom is -0.358 e. The first kappa shape index (κ1) is 14.9. The lowest BCUT2D eigenvalue weighted by atomic mass is 10.2. The van der Waals surface area contributed by atoms with Crippen LogP contribution in [0.5, 0.6) is 0 Å². The number of thiol groups is 1. The van der Waals surface area contributed by atoms with Gasteiger partial charge in [-0.25, -0.2) is 0 Å². The molecule has 1 N–H and O–H groups in total. The second-order valence-corrected chi connectivity index (χ2v) is 4.58.